The summed E-state index contributed by atoms with van der Waals surface area (Å²) < 4.78 is 1.87. The van der Waals surface area contributed by atoms with E-state index < -0.39 is 0 Å². The van der Waals surface area contributed by atoms with E-state index in [0.717, 1.165) is 11.3 Å². The van der Waals surface area contributed by atoms with Crippen LogP contribution in [-0.4, -0.2) is 14.4 Å². The highest BCUT2D eigenvalue weighted by molar-refractivity contribution is 5.62. The third kappa shape index (κ3) is 2.73. The Morgan fingerprint density at radius 2 is 1.89 bits per heavy atom. The van der Waals surface area contributed by atoms with Crippen molar-refractivity contribution in [3.8, 4) is 11.3 Å². The summed E-state index contributed by atoms with van der Waals surface area (Å²) >= 11 is 0. The van der Waals surface area contributed by atoms with E-state index in [9.17, 15) is 0 Å². The number of aryl methyl sites for hydroxylation is 1. The summed E-state index contributed by atoms with van der Waals surface area (Å²) in [6.07, 6.45) is 3.82. The van der Waals surface area contributed by atoms with Crippen LogP contribution in [0.5, 0.6) is 0 Å². The first-order chi connectivity index (χ1) is 9.22. The van der Waals surface area contributed by atoms with Crippen LogP contribution in [0.25, 0.3) is 17.0 Å². The van der Waals surface area contributed by atoms with Gasteiger partial charge in [-0.1, -0.05) is 37.6 Å². The molecule has 4 nitrogen and oxygen atoms in total. The number of imidazole rings is 1. The Morgan fingerprint density at radius 3 is 2.63 bits per heavy atom. The average Bonchev–Trinajstić information content (AvgIpc) is 2.84. The van der Waals surface area contributed by atoms with Gasteiger partial charge in [-0.25, -0.2) is 4.98 Å². The predicted octanol–water partition coefficient (Wildman–Crippen LogP) is 3.31. The molecule has 0 atom stereocenters. The SMILES string of the molecule is CC.Cc1cccc(-c2cn3ccc(N)nc3n2)c1. The second-order valence-corrected chi connectivity index (χ2v) is 4.06. The van der Waals surface area contributed by atoms with Gasteiger partial charge in [0.2, 0.25) is 5.78 Å². The Balaban J connectivity index is 0.000000637. The monoisotopic (exact) mass is 254 g/mol. The summed E-state index contributed by atoms with van der Waals surface area (Å²) in [7, 11) is 0. The van der Waals surface area contributed by atoms with Crippen molar-refractivity contribution in [2.45, 2.75) is 20.8 Å². The van der Waals surface area contributed by atoms with Crippen LogP contribution < -0.4 is 5.73 Å². The van der Waals surface area contributed by atoms with Crippen LogP contribution in [0.3, 0.4) is 0 Å². The maximum atomic E-state index is 5.63. The summed E-state index contributed by atoms with van der Waals surface area (Å²) in [5.74, 6) is 1.11. The van der Waals surface area contributed by atoms with Crippen molar-refractivity contribution < 1.29 is 0 Å². The molecule has 3 aromatic rings. The van der Waals surface area contributed by atoms with Crippen LogP contribution >= 0.6 is 0 Å². The normalized spacial score (nSPS) is 10.1. The van der Waals surface area contributed by atoms with Crippen LogP contribution in [0.15, 0.2) is 42.7 Å². The lowest BCUT2D eigenvalue weighted by Crippen LogP contribution is -1.93. The molecule has 98 valence electrons. The fourth-order valence-electron chi connectivity index (χ4n) is 1.83. The van der Waals surface area contributed by atoms with Crippen LogP contribution in [-0.2, 0) is 0 Å². The zero-order valence-electron chi connectivity index (χ0n) is 11.5. The van der Waals surface area contributed by atoms with Crippen molar-refractivity contribution in [2.24, 2.45) is 0 Å². The molecule has 4 heteroatoms. The van der Waals surface area contributed by atoms with E-state index in [4.69, 9.17) is 5.73 Å². The smallest absolute Gasteiger partial charge is 0.236 e. The topological polar surface area (TPSA) is 56.2 Å². The lowest BCUT2D eigenvalue weighted by molar-refractivity contribution is 1.11. The molecule has 0 saturated carbocycles. The summed E-state index contributed by atoms with van der Waals surface area (Å²) in [4.78, 5) is 8.63. The fraction of sp³-hybridized carbons (Fsp3) is 0.200. The molecule has 0 aliphatic rings. The number of nitrogens with zero attached hydrogens (tertiary/aromatic N) is 3. The molecule has 0 aliphatic heterocycles. The molecule has 0 saturated heterocycles. The molecule has 0 radical (unpaired) electrons. The molecular weight excluding hydrogens is 236 g/mol. The van der Waals surface area contributed by atoms with Gasteiger partial charge in [-0.15, -0.1) is 0 Å². The second kappa shape index (κ2) is 5.52. The fourth-order valence-corrected chi connectivity index (χ4v) is 1.83. The summed E-state index contributed by atoms with van der Waals surface area (Å²) in [5.41, 5.74) is 8.85. The number of anilines is 1. The minimum atomic E-state index is 0.485. The largest absolute Gasteiger partial charge is 0.384 e. The quantitative estimate of drug-likeness (QED) is 0.724. The lowest BCUT2D eigenvalue weighted by atomic mass is 10.1. The molecule has 0 aliphatic carbocycles. The highest BCUT2D eigenvalue weighted by atomic mass is 15.1. The maximum absolute atomic E-state index is 5.63. The number of fused-ring (bicyclic) bond motifs is 1. The Bertz CT molecular complexity index is 685. The third-order valence-electron chi connectivity index (χ3n) is 2.66. The van der Waals surface area contributed by atoms with Crippen molar-refractivity contribution in [1.82, 2.24) is 14.4 Å². The number of hydrogen-bond acceptors (Lipinski definition) is 3. The van der Waals surface area contributed by atoms with Crippen LogP contribution in [0.4, 0.5) is 5.82 Å². The highest BCUT2D eigenvalue weighted by Gasteiger charge is 2.05. The molecular formula is C15H18N4. The number of aromatic nitrogens is 3. The first-order valence-electron chi connectivity index (χ1n) is 6.41. The molecule has 0 amide bonds. The maximum Gasteiger partial charge on any atom is 0.236 e. The van der Waals surface area contributed by atoms with E-state index in [1.54, 1.807) is 6.07 Å². The summed E-state index contributed by atoms with van der Waals surface area (Å²) in [5, 5.41) is 0. The lowest BCUT2D eigenvalue weighted by Gasteiger charge is -1.96. The minimum Gasteiger partial charge on any atom is -0.384 e. The van der Waals surface area contributed by atoms with Crippen molar-refractivity contribution in [1.29, 1.82) is 0 Å². The zero-order chi connectivity index (χ0) is 13.8. The van der Waals surface area contributed by atoms with Gasteiger partial charge in [0, 0.05) is 18.0 Å². The van der Waals surface area contributed by atoms with Crippen molar-refractivity contribution in [3.05, 3.63) is 48.3 Å². The van der Waals surface area contributed by atoms with Gasteiger partial charge < -0.3 is 5.73 Å². The number of rotatable bonds is 1. The van der Waals surface area contributed by atoms with Gasteiger partial charge >= 0.3 is 0 Å². The molecule has 2 heterocycles. The minimum absolute atomic E-state index is 0.485. The van der Waals surface area contributed by atoms with Gasteiger partial charge in [-0.2, -0.15) is 4.98 Å². The van der Waals surface area contributed by atoms with Gasteiger partial charge in [0.05, 0.1) is 5.69 Å². The summed E-state index contributed by atoms with van der Waals surface area (Å²) in [6.45, 7) is 6.07. The van der Waals surface area contributed by atoms with Crippen LogP contribution in [0, 0.1) is 6.92 Å². The molecule has 19 heavy (non-hydrogen) atoms. The molecule has 0 bridgehead atoms. The molecule has 0 spiro atoms. The number of nitrogens with two attached hydrogens (primary N) is 1. The van der Waals surface area contributed by atoms with E-state index >= 15 is 0 Å². The van der Waals surface area contributed by atoms with Crippen LogP contribution in [0.1, 0.15) is 19.4 Å². The highest BCUT2D eigenvalue weighted by Crippen LogP contribution is 2.19. The van der Waals surface area contributed by atoms with Gasteiger partial charge in [0.15, 0.2) is 0 Å². The van der Waals surface area contributed by atoms with E-state index in [1.807, 2.05) is 42.8 Å². The number of benzene rings is 1. The molecule has 3 rings (SSSR count). The standard InChI is InChI=1S/C13H12N4.C2H6/c1-9-3-2-4-10(7-9)11-8-17-6-5-12(14)16-13(17)15-11;1-2/h2-8H,1H3,(H2,14,15,16);1-2H3. The molecule has 0 fully saturated rings. The first-order valence-corrected chi connectivity index (χ1v) is 6.41. The van der Waals surface area contributed by atoms with Gasteiger partial charge in [0.25, 0.3) is 0 Å². The molecule has 1 aromatic carbocycles. The third-order valence-corrected chi connectivity index (χ3v) is 2.66. The second-order valence-electron chi connectivity index (χ2n) is 4.06. The average molecular weight is 254 g/mol. The number of hydrogen-bond donors (Lipinski definition) is 1. The molecule has 2 aromatic heterocycles. The summed E-state index contributed by atoms with van der Waals surface area (Å²) in [6, 6.07) is 9.99. The molecule has 2 N–H and O–H groups in total. The molecule has 0 unspecified atom stereocenters. The van der Waals surface area contributed by atoms with E-state index in [0.29, 0.717) is 11.6 Å². The van der Waals surface area contributed by atoms with Crippen molar-refractivity contribution >= 4 is 11.6 Å². The Labute approximate surface area is 112 Å². The van der Waals surface area contributed by atoms with E-state index in [2.05, 4.69) is 29.0 Å². The van der Waals surface area contributed by atoms with Crippen LogP contribution in [0.2, 0.25) is 0 Å². The van der Waals surface area contributed by atoms with Gasteiger partial charge in [-0.05, 0) is 19.1 Å². The van der Waals surface area contributed by atoms with E-state index in [-0.39, 0.29) is 0 Å². The Hall–Kier alpha value is -2.36. The van der Waals surface area contributed by atoms with Crippen molar-refractivity contribution in [3.63, 3.8) is 0 Å². The Morgan fingerprint density at radius 1 is 1.11 bits per heavy atom. The van der Waals surface area contributed by atoms with E-state index in [1.165, 1.54) is 5.56 Å². The zero-order valence-corrected chi connectivity index (χ0v) is 11.5. The van der Waals surface area contributed by atoms with Gasteiger partial charge in [0.1, 0.15) is 5.82 Å². The Kier molecular flexibility index (Phi) is 3.80. The van der Waals surface area contributed by atoms with Gasteiger partial charge in [-0.3, -0.25) is 4.40 Å². The van der Waals surface area contributed by atoms with Crippen molar-refractivity contribution in [2.75, 3.05) is 5.73 Å². The number of nitrogen functional groups attached to an aromatic ring is 1. The first kappa shape index (κ1) is 13.1. The predicted molar refractivity (Wildman–Crippen MR) is 78.9 cm³/mol.